The predicted octanol–water partition coefficient (Wildman–Crippen LogP) is 4.70. The first-order chi connectivity index (χ1) is 18.8. The Bertz CT molecular complexity index is 1310. The molecule has 3 fully saturated rings. The molecule has 0 atom stereocenters. The standard InChI is InChI=1S/C27H34F2N8OS/c1-19-16-21(31-25(30-19)36-12-8-27(28,29)9-13-36)22-18-37(34-32-22)23-3-2-20(33-39-15-14-38)17-24(23)35-10-6-26(4-5-26)7-11-35/h2-3,16-18,33,38H,4-15H2,1H3. The third-order valence-corrected chi connectivity index (χ3v) is 8.87. The number of aromatic nitrogens is 5. The highest BCUT2D eigenvalue weighted by molar-refractivity contribution is 8.00. The highest BCUT2D eigenvalue weighted by atomic mass is 32.2. The van der Waals surface area contributed by atoms with Crippen molar-refractivity contribution < 1.29 is 13.9 Å². The number of hydrogen-bond donors (Lipinski definition) is 2. The van der Waals surface area contributed by atoms with Crippen molar-refractivity contribution >= 4 is 29.3 Å². The van der Waals surface area contributed by atoms with E-state index in [1.54, 1.807) is 4.68 Å². The van der Waals surface area contributed by atoms with E-state index in [9.17, 15) is 8.78 Å². The Hall–Kier alpha value is -2.99. The number of alkyl halides is 2. The van der Waals surface area contributed by atoms with E-state index < -0.39 is 5.92 Å². The van der Waals surface area contributed by atoms with Crippen LogP contribution in [0.15, 0.2) is 30.5 Å². The number of aryl methyl sites for hydroxylation is 1. The smallest absolute Gasteiger partial charge is 0.251 e. The van der Waals surface area contributed by atoms with Crippen molar-refractivity contribution in [3.8, 4) is 17.1 Å². The summed E-state index contributed by atoms with van der Waals surface area (Å²) in [7, 11) is 0. The number of hydrogen-bond acceptors (Lipinski definition) is 9. The van der Waals surface area contributed by atoms with Crippen molar-refractivity contribution in [2.75, 3.05) is 53.1 Å². The van der Waals surface area contributed by atoms with Gasteiger partial charge in [0, 0.05) is 56.2 Å². The fourth-order valence-electron chi connectivity index (χ4n) is 5.47. The number of aliphatic hydroxyl groups is 1. The number of rotatable bonds is 8. The molecule has 208 valence electrons. The van der Waals surface area contributed by atoms with Crippen LogP contribution in [-0.2, 0) is 0 Å². The number of halogens is 2. The first-order valence-corrected chi connectivity index (χ1v) is 14.6. The van der Waals surface area contributed by atoms with E-state index in [0.717, 1.165) is 35.8 Å². The highest BCUT2D eigenvalue weighted by Crippen LogP contribution is 2.54. The molecule has 1 spiro atoms. The van der Waals surface area contributed by atoms with Gasteiger partial charge in [-0.2, -0.15) is 0 Å². The van der Waals surface area contributed by atoms with Crippen LogP contribution in [0.3, 0.4) is 0 Å². The summed E-state index contributed by atoms with van der Waals surface area (Å²) >= 11 is 1.48. The maximum Gasteiger partial charge on any atom is 0.251 e. The Kier molecular flexibility index (Phi) is 7.09. The molecule has 0 amide bonds. The molecule has 39 heavy (non-hydrogen) atoms. The van der Waals surface area contributed by atoms with Crippen LogP contribution in [0.2, 0.25) is 0 Å². The van der Waals surface area contributed by atoms with Crippen molar-refractivity contribution in [3.05, 3.63) is 36.2 Å². The quantitative estimate of drug-likeness (QED) is 0.302. The molecule has 3 aliphatic rings. The van der Waals surface area contributed by atoms with Gasteiger partial charge < -0.3 is 19.6 Å². The molecule has 4 heterocycles. The van der Waals surface area contributed by atoms with Crippen molar-refractivity contribution in [1.82, 2.24) is 25.0 Å². The maximum absolute atomic E-state index is 13.7. The molecule has 9 nitrogen and oxygen atoms in total. The first-order valence-electron chi connectivity index (χ1n) is 13.6. The number of nitrogens with zero attached hydrogens (tertiary/aromatic N) is 7. The molecule has 0 bridgehead atoms. The molecule has 0 unspecified atom stereocenters. The van der Waals surface area contributed by atoms with E-state index >= 15 is 0 Å². The topological polar surface area (TPSA) is 95.2 Å². The van der Waals surface area contributed by atoms with Gasteiger partial charge in [0.1, 0.15) is 5.69 Å². The molecule has 1 aliphatic carbocycles. The Morgan fingerprint density at radius 3 is 2.38 bits per heavy atom. The number of anilines is 3. The number of nitrogens with one attached hydrogen (secondary N) is 1. The van der Waals surface area contributed by atoms with Gasteiger partial charge in [0.25, 0.3) is 5.92 Å². The van der Waals surface area contributed by atoms with E-state index in [0.29, 0.717) is 28.5 Å². The lowest BCUT2D eigenvalue weighted by Gasteiger charge is -2.35. The average Bonchev–Trinajstić information content (AvgIpc) is 3.49. The minimum atomic E-state index is -2.63. The van der Waals surface area contributed by atoms with E-state index in [1.807, 2.05) is 36.2 Å². The van der Waals surface area contributed by atoms with Crippen LogP contribution >= 0.6 is 11.9 Å². The van der Waals surface area contributed by atoms with Crippen LogP contribution < -0.4 is 14.5 Å². The van der Waals surface area contributed by atoms with Gasteiger partial charge in [0.2, 0.25) is 5.95 Å². The summed E-state index contributed by atoms with van der Waals surface area (Å²) in [5.41, 5.74) is 5.54. The van der Waals surface area contributed by atoms with Gasteiger partial charge in [0.15, 0.2) is 0 Å². The van der Waals surface area contributed by atoms with Crippen molar-refractivity contribution in [2.24, 2.45) is 5.41 Å². The molecule has 12 heteroatoms. The Morgan fingerprint density at radius 1 is 0.923 bits per heavy atom. The van der Waals surface area contributed by atoms with E-state index in [-0.39, 0.29) is 32.5 Å². The number of piperidine rings is 2. The zero-order valence-corrected chi connectivity index (χ0v) is 22.9. The maximum atomic E-state index is 13.7. The lowest BCUT2D eigenvalue weighted by atomic mass is 9.93. The average molecular weight is 557 g/mol. The van der Waals surface area contributed by atoms with Gasteiger partial charge in [-0.05, 0) is 62.3 Å². The molecular weight excluding hydrogens is 522 g/mol. The van der Waals surface area contributed by atoms with Gasteiger partial charge in [0.05, 0.1) is 29.9 Å². The molecular formula is C27H34F2N8OS. The molecule has 2 aromatic heterocycles. The summed E-state index contributed by atoms with van der Waals surface area (Å²) in [6.07, 6.45) is 6.59. The molecule has 3 aromatic rings. The van der Waals surface area contributed by atoms with Gasteiger partial charge in [-0.3, -0.25) is 0 Å². The monoisotopic (exact) mass is 556 g/mol. The zero-order chi connectivity index (χ0) is 27.0. The second-order valence-electron chi connectivity index (χ2n) is 11.0. The highest BCUT2D eigenvalue weighted by Gasteiger charge is 2.44. The molecule has 2 aliphatic heterocycles. The minimum Gasteiger partial charge on any atom is -0.395 e. The van der Waals surface area contributed by atoms with Crippen LogP contribution in [0.4, 0.5) is 26.1 Å². The van der Waals surface area contributed by atoms with Crippen LogP contribution in [0.1, 0.15) is 44.2 Å². The van der Waals surface area contributed by atoms with Gasteiger partial charge in [-0.1, -0.05) is 17.2 Å². The van der Waals surface area contributed by atoms with E-state index in [2.05, 4.69) is 36.0 Å². The molecule has 2 saturated heterocycles. The minimum absolute atomic E-state index is 0.118. The molecule has 1 aromatic carbocycles. The molecule has 0 radical (unpaired) electrons. The van der Waals surface area contributed by atoms with Crippen LogP contribution in [0.5, 0.6) is 0 Å². The third kappa shape index (κ3) is 5.81. The summed E-state index contributed by atoms with van der Waals surface area (Å²) in [6.45, 7) is 4.45. The van der Waals surface area contributed by atoms with Crippen molar-refractivity contribution in [3.63, 3.8) is 0 Å². The van der Waals surface area contributed by atoms with Gasteiger partial charge in [-0.25, -0.2) is 23.4 Å². The Morgan fingerprint density at radius 2 is 1.67 bits per heavy atom. The van der Waals surface area contributed by atoms with Crippen LogP contribution in [-0.4, -0.2) is 74.5 Å². The van der Waals surface area contributed by atoms with E-state index in [4.69, 9.17) is 5.11 Å². The van der Waals surface area contributed by atoms with Crippen molar-refractivity contribution in [2.45, 2.75) is 51.4 Å². The lowest BCUT2D eigenvalue weighted by molar-refractivity contribution is -0.0222. The SMILES string of the molecule is Cc1cc(-c2cn(-c3ccc(NSCCO)cc3N3CCC4(CC3)CC4)nn2)nc(N2CCC(F)(F)CC2)n1. The summed E-state index contributed by atoms with van der Waals surface area (Å²) in [5.74, 6) is -1.57. The molecule has 6 rings (SSSR count). The van der Waals surface area contributed by atoms with E-state index in [1.165, 1.54) is 37.6 Å². The fraction of sp³-hybridized carbons (Fsp3) is 0.556. The largest absolute Gasteiger partial charge is 0.395 e. The second kappa shape index (κ2) is 10.5. The summed E-state index contributed by atoms with van der Waals surface area (Å²) in [4.78, 5) is 13.4. The third-order valence-electron chi connectivity index (χ3n) is 8.10. The lowest BCUT2D eigenvalue weighted by Crippen LogP contribution is -2.40. The van der Waals surface area contributed by atoms with Crippen molar-refractivity contribution in [1.29, 1.82) is 0 Å². The van der Waals surface area contributed by atoms with Crippen LogP contribution in [0, 0.1) is 12.3 Å². The summed E-state index contributed by atoms with van der Waals surface area (Å²) < 4.78 is 32.5. The Balaban J connectivity index is 1.27. The predicted molar refractivity (Wildman–Crippen MR) is 150 cm³/mol. The number of benzene rings is 1. The normalized spacial score (nSPS) is 19.9. The first kappa shape index (κ1) is 26.2. The second-order valence-corrected chi connectivity index (χ2v) is 11.9. The van der Waals surface area contributed by atoms with Gasteiger partial charge >= 0.3 is 0 Å². The molecule has 2 N–H and O–H groups in total. The van der Waals surface area contributed by atoms with Crippen LogP contribution in [0.25, 0.3) is 17.1 Å². The Labute approximate surface area is 231 Å². The summed E-state index contributed by atoms with van der Waals surface area (Å²) in [6, 6.07) is 8.05. The molecule has 1 saturated carbocycles. The van der Waals surface area contributed by atoms with Gasteiger partial charge in [-0.15, -0.1) is 5.10 Å². The number of aliphatic hydroxyl groups excluding tert-OH is 1. The fourth-order valence-corrected chi connectivity index (χ4v) is 5.96. The zero-order valence-electron chi connectivity index (χ0n) is 22.1. The summed E-state index contributed by atoms with van der Waals surface area (Å²) in [5, 5.41) is 18.0.